The normalized spacial score (nSPS) is 11.5. The smallest absolute Gasteiger partial charge is 0.395 e. The molecule has 0 unspecified atom stereocenters. The van der Waals surface area contributed by atoms with Crippen molar-refractivity contribution in [1.29, 1.82) is 0 Å². The number of hydrogen-bond donors (Lipinski definition) is 3. The monoisotopic (exact) mass is 297 g/mol. The van der Waals surface area contributed by atoms with Crippen LogP contribution in [-0.2, 0) is 0 Å². The van der Waals surface area contributed by atoms with Crippen molar-refractivity contribution in [3.05, 3.63) is 6.07 Å². The van der Waals surface area contributed by atoms with E-state index in [0.717, 1.165) is 4.90 Å². The lowest BCUT2D eigenvalue weighted by atomic mass is 10.4. The van der Waals surface area contributed by atoms with Crippen LogP contribution in [-0.4, -0.2) is 47.2 Å². The van der Waals surface area contributed by atoms with Crippen LogP contribution in [0.4, 0.5) is 24.8 Å². The second-order valence-corrected chi connectivity index (χ2v) is 4.28. The van der Waals surface area contributed by atoms with Gasteiger partial charge in [-0.1, -0.05) is 11.8 Å². The molecule has 1 aromatic rings. The standard InChI is InChI=1S/C9H14F3N5OS/c1-19-8-14-6(16-13)4-7(15-8)17(2-3-18)5-9(10,11)12/h4,18H,2-3,5,13H2,1H3,(H,14,15,16). The van der Waals surface area contributed by atoms with Crippen molar-refractivity contribution in [2.24, 2.45) is 5.84 Å². The highest BCUT2D eigenvalue weighted by Crippen LogP contribution is 2.24. The van der Waals surface area contributed by atoms with Gasteiger partial charge in [0, 0.05) is 12.6 Å². The number of rotatable bonds is 6. The summed E-state index contributed by atoms with van der Waals surface area (Å²) >= 11 is 1.18. The summed E-state index contributed by atoms with van der Waals surface area (Å²) in [5.74, 6) is 5.47. The third-order valence-electron chi connectivity index (χ3n) is 2.09. The highest BCUT2D eigenvalue weighted by atomic mass is 32.2. The Kier molecular flexibility index (Phi) is 5.63. The van der Waals surface area contributed by atoms with Crippen LogP contribution < -0.4 is 16.2 Å². The number of aromatic nitrogens is 2. The first-order chi connectivity index (χ1) is 8.89. The highest BCUT2D eigenvalue weighted by Gasteiger charge is 2.31. The predicted octanol–water partition coefficient (Wildman–Crippen LogP) is 0.845. The molecule has 0 atom stereocenters. The number of thioether (sulfide) groups is 1. The average molecular weight is 297 g/mol. The van der Waals surface area contributed by atoms with Gasteiger partial charge in [0.2, 0.25) is 0 Å². The zero-order valence-corrected chi connectivity index (χ0v) is 10.9. The fraction of sp³-hybridized carbons (Fsp3) is 0.556. The van der Waals surface area contributed by atoms with Crippen molar-refractivity contribution in [1.82, 2.24) is 9.97 Å². The predicted molar refractivity (Wildman–Crippen MR) is 67.0 cm³/mol. The Morgan fingerprint density at radius 1 is 1.47 bits per heavy atom. The van der Waals surface area contributed by atoms with Crippen molar-refractivity contribution in [2.75, 3.05) is 36.3 Å². The summed E-state index contributed by atoms with van der Waals surface area (Å²) < 4.78 is 37.4. The number of nitrogens with zero attached hydrogens (tertiary/aromatic N) is 3. The SMILES string of the molecule is CSc1nc(NN)cc(N(CCO)CC(F)(F)F)n1. The van der Waals surface area contributed by atoms with E-state index in [1.54, 1.807) is 6.26 Å². The number of aliphatic hydroxyl groups excluding tert-OH is 1. The Balaban J connectivity index is 3.06. The lowest BCUT2D eigenvalue weighted by Gasteiger charge is -2.24. The Morgan fingerprint density at radius 3 is 2.63 bits per heavy atom. The van der Waals surface area contributed by atoms with Crippen molar-refractivity contribution < 1.29 is 18.3 Å². The number of nitrogens with one attached hydrogen (secondary N) is 1. The van der Waals surface area contributed by atoms with E-state index in [4.69, 9.17) is 10.9 Å². The average Bonchev–Trinajstić information content (AvgIpc) is 2.36. The van der Waals surface area contributed by atoms with Gasteiger partial charge in [0.25, 0.3) is 0 Å². The summed E-state index contributed by atoms with van der Waals surface area (Å²) in [4.78, 5) is 8.85. The fourth-order valence-electron chi connectivity index (χ4n) is 1.35. The third kappa shape index (κ3) is 5.09. The van der Waals surface area contributed by atoms with Crippen molar-refractivity contribution in [3.8, 4) is 0 Å². The van der Waals surface area contributed by atoms with Gasteiger partial charge in [-0.05, 0) is 6.26 Å². The Labute approximate surface area is 112 Å². The molecule has 4 N–H and O–H groups in total. The lowest BCUT2D eigenvalue weighted by molar-refractivity contribution is -0.120. The molecule has 0 saturated heterocycles. The summed E-state index contributed by atoms with van der Waals surface area (Å²) in [6.45, 7) is -1.81. The zero-order valence-electron chi connectivity index (χ0n) is 10.1. The third-order valence-corrected chi connectivity index (χ3v) is 2.63. The first kappa shape index (κ1) is 15.8. The van der Waals surface area contributed by atoms with Crippen molar-refractivity contribution >= 4 is 23.4 Å². The number of halogens is 3. The van der Waals surface area contributed by atoms with Crippen LogP contribution in [0.25, 0.3) is 0 Å². The van der Waals surface area contributed by atoms with Crippen LogP contribution >= 0.6 is 11.8 Å². The molecule has 0 aliphatic heterocycles. The minimum atomic E-state index is -4.39. The van der Waals surface area contributed by atoms with E-state index in [1.807, 2.05) is 0 Å². The summed E-state index contributed by atoms with van der Waals surface area (Å²) in [5.41, 5.74) is 2.27. The van der Waals surface area contributed by atoms with Crippen molar-refractivity contribution in [2.45, 2.75) is 11.3 Å². The van der Waals surface area contributed by atoms with Crippen LogP contribution in [0.2, 0.25) is 0 Å². The first-order valence-corrected chi connectivity index (χ1v) is 6.44. The number of alkyl halides is 3. The maximum atomic E-state index is 12.5. The largest absolute Gasteiger partial charge is 0.405 e. The molecule has 10 heteroatoms. The molecule has 0 aliphatic rings. The molecule has 0 bridgehead atoms. The molecule has 0 radical (unpaired) electrons. The molecule has 108 valence electrons. The van der Waals surface area contributed by atoms with Gasteiger partial charge in [-0.3, -0.25) is 0 Å². The van der Waals surface area contributed by atoms with Gasteiger partial charge in [-0.15, -0.1) is 0 Å². The van der Waals surface area contributed by atoms with Crippen LogP contribution in [0, 0.1) is 0 Å². The molecular weight excluding hydrogens is 283 g/mol. The molecule has 0 amide bonds. The van der Waals surface area contributed by atoms with Crippen LogP contribution in [0.15, 0.2) is 11.2 Å². The fourth-order valence-corrected chi connectivity index (χ4v) is 1.73. The van der Waals surface area contributed by atoms with Crippen molar-refractivity contribution in [3.63, 3.8) is 0 Å². The minimum absolute atomic E-state index is 0.0543. The van der Waals surface area contributed by atoms with E-state index in [9.17, 15) is 13.2 Å². The summed E-state index contributed by atoms with van der Waals surface area (Å²) in [6, 6.07) is 1.29. The molecule has 19 heavy (non-hydrogen) atoms. The van der Waals surface area contributed by atoms with E-state index < -0.39 is 19.3 Å². The molecule has 0 aromatic carbocycles. The molecule has 1 rings (SSSR count). The molecule has 0 spiro atoms. The van der Waals surface area contributed by atoms with Gasteiger partial charge in [0.15, 0.2) is 5.16 Å². The number of anilines is 2. The quantitative estimate of drug-likeness (QED) is 0.310. The maximum absolute atomic E-state index is 12.5. The first-order valence-electron chi connectivity index (χ1n) is 5.22. The van der Waals surface area contributed by atoms with Crippen LogP contribution in [0.5, 0.6) is 0 Å². The highest BCUT2D eigenvalue weighted by molar-refractivity contribution is 7.98. The lowest BCUT2D eigenvalue weighted by Crippen LogP contribution is -2.37. The Hall–Kier alpha value is -1.26. The van der Waals surface area contributed by atoms with E-state index >= 15 is 0 Å². The minimum Gasteiger partial charge on any atom is -0.395 e. The summed E-state index contributed by atoms with van der Waals surface area (Å²) in [6.07, 6.45) is -2.70. The summed E-state index contributed by atoms with van der Waals surface area (Å²) in [5, 5.41) is 9.14. The molecular formula is C9H14F3N5OS. The Bertz CT molecular complexity index is 395. The maximum Gasteiger partial charge on any atom is 0.405 e. The molecule has 0 aliphatic carbocycles. The second-order valence-electron chi connectivity index (χ2n) is 3.50. The van der Waals surface area contributed by atoms with E-state index in [1.165, 1.54) is 17.8 Å². The number of nitrogen functional groups attached to an aromatic ring is 1. The van der Waals surface area contributed by atoms with E-state index in [-0.39, 0.29) is 23.3 Å². The topological polar surface area (TPSA) is 87.3 Å². The number of hydrogen-bond acceptors (Lipinski definition) is 7. The second kappa shape index (κ2) is 6.78. The number of hydrazine groups is 1. The van der Waals surface area contributed by atoms with Gasteiger partial charge < -0.3 is 15.4 Å². The molecule has 6 nitrogen and oxygen atoms in total. The van der Waals surface area contributed by atoms with Crippen LogP contribution in [0.3, 0.4) is 0 Å². The van der Waals surface area contributed by atoms with Gasteiger partial charge in [0.05, 0.1) is 6.61 Å². The van der Waals surface area contributed by atoms with E-state index in [2.05, 4.69) is 15.4 Å². The number of aliphatic hydroxyl groups is 1. The van der Waals surface area contributed by atoms with Gasteiger partial charge in [-0.2, -0.15) is 13.2 Å². The molecule has 0 fully saturated rings. The zero-order chi connectivity index (χ0) is 14.5. The molecule has 0 saturated carbocycles. The van der Waals surface area contributed by atoms with Gasteiger partial charge >= 0.3 is 6.18 Å². The van der Waals surface area contributed by atoms with E-state index in [0.29, 0.717) is 0 Å². The van der Waals surface area contributed by atoms with Gasteiger partial charge in [0.1, 0.15) is 18.2 Å². The molecule has 1 heterocycles. The van der Waals surface area contributed by atoms with Gasteiger partial charge in [-0.25, -0.2) is 15.8 Å². The molecule has 1 aromatic heterocycles. The summed E-state index contributed by atoms with van der Waals surface area (Å²) in [7, 11) is 0. The van der Waals surface area contributed by atoms with Crippen LogP contribution in [0.1, 0.15) is 0 Å². The Morgan fingerprint density at radius 2 is 2.16 bits per heavy atom. The number of nitrogens with two attached hydrogens (primary N) is 1.